The van der Waals surface area contributed by atoms with Crippen molar-refractivity contribution in [3.8, 4) is 5.75 Å². The van der Waals surface area contributed by atoms with Crippen molar-refractivity contribution in [3.63, 3.8) is 0 Å². The second-order valence-corrected chi connectivity index (χ2v) is 5.78. The molecule has 0 radical (unpaired) electrons. The Hall–Kier alpha value is -1.55. The second kappa shape index (κ2) is 8.03. The van der Waals surface area contributed by atoms with Crippen molar-refractivity contribution >= 4 is 5.91 Å². The topological polar surface area (TPSA) is 50.4 Å². The number of carbonyl (C=O) groups is 1. The van der Waals surface area contributed by atoms with E-state index in [0.29, 0.717) is 11.6 Å². The van der Waals surface area contributed by atoms with Gasteiger partial charge in [-0.25, -0.2) is 0 Å². The molecule has 1 saturated heterocycles. The number of carbonyl (C=O) groups excluding carboxylic acids is 1. The molecule has 1 fully saturated rings. The molecule has 1 aliphatic rings. The molecule has 4 heteroatoms. The molecule has 21 heavy (non-hydrogen) atoms. The number of rotatable bonds is 6. The minimum absolute atomic E-state index is 0.00328. The van der Waals surface area contributed by atoms with E-state index in [1.165, 1.54) is 0 Å². The zero-order chi connectivity index (χ0) is 15.1. The van der Waals surface area contributed by atoms with Gasteiger partial charge in [-0.05, 0) is 50.5 Å². The maximum atomic E-state index is 12.2. The fourth-order valence-corrected chi connectivity index (χ4v) is 2.43. The zero-order valence-electron chi connectivity index (χ0n) is 13.0. The lowest BCUT2D eigenvalue weighted by atomic mass is 10.0. The summed E-state index contributed by atoms with van der Waals surface area (Å²) < 4.78 is 5.60. The summed E-state index contributed by atoms with van der Waals surface area (Å²) >= 11 is 0. The molecule has 1 aromatic rings. The second-order valence-electron chi connectivity index (χ2n) is 5.78. The number of ether oxygens (including phenoxy) is 1. The van der Waals surface area contributed by atoms with Gasteiger partial charge in [0.05, 0.1) is 6.61 Å². The average molecular weight is 290 g/mol. The van der Waals surface area contributed by atoms with Crippen molar-refractivity contribution in [1.29, 1.82) is 0 Å². The predicted molar refractivity (Wildman–Crippen MR) is 84.8 cm³/mol. The quantitative estimate of drug-likeness (QED) is 0.792. The highest BCUT2D eigenvalue weighted by Crippen LogP contribution is 2.14. The molecule has 1 heterocycles. The van der Waals surface area contributed by atoms with Crippen LogP contribution in [0.4, 0.5) is 0 Å². The number of hydrogen-bond donors (Lipinski definition) is 2. The third-order valence-corrected chi connectivity index (χ3v) is 3.88. The Morgan fingerprint density at radius 3 is 2.71 bits per heavy atom. The van der Waals surface area contributed by atoms with E-state index in [1.54, 1.807) is 0 Å². The monoisotopic (exact) mass is 290 g/mol. The van der Waals surface area contributed by atoms with E-state index in [2.05, 4.69) is 24.5 Å². The van der Waals surface area contributed by atoms with E-state index >= 15 is 0 Å². The average Bonchev–Trinajstić information content (AvgIpc) is 2.50. The van der Waals surface area contributed by atoms with Gasteiger partial charge in [-0.3, -0.25) is 4.79 Å². The van der Waals surface area contributed by atoms with E-state index in [0.717, 1.165) is 44.6 Å². The molecule has 0 aromatic heterocycles. The number of amides is 1. The number of unbranched alkanes of at least 4 members (excludes halogenated alkanes) is 1. The summed E-state index contributed by atoms with van der Waals surface area (Å²) in [4.78, 5) is 12.2. The largest absolute Gasteiger partial charge is 0.494 e. The van der Waals surface area contributed by atoms with Crippen LogP contribution in [0.1, 0.15) is 49.9 Å². The summed E-state index contributed by atoms with van der Waals surface area (Å²) in [5.74, 6) is 0.824. The van der Waals surface area contributed by atoms with Crippen LogP contribution in [0, 0.1) is 0 Å². The first-order valence-electron chi connectivity index (χ1n) is 7.96. The van der Waals surface area contributed by atoms with Gasteiger partial charge in [0.1, 0.15) is 5.75 Å². The van der Waals surface area contributed by atoms with Crippen molar-refractivity contribution < 1.29 is 9.53 Å². The number of benzene rings is 1. The van der Waals surface area contributed by atoms with Crippen LogP contribution in [0.25, 0.3) is 0 Å². The molecule has 0 aliphatic carbocycles. The van der Waals surface area contributed by atoms with Crippen LogP contribution in [0.2, 0.25) is 0 Å². The molecule has 0 bridgehead atoms. The molecule has 2 N–H and O–H groups in total. The van der Waals surface area contributed by atoms with Crippen LogP contribution in [0.3, 0.4) is 0 Å². The lowest BCUT2D eigenvalue weighted by Crippen LogP contribution is -2.48. The first kappa shape index (κ1) is 15.8. The summed E-state index contributed by atoms with van der Waals surface area (Å²) in [6, 6.07) is 8.18. The highest BCUT2D eigenvalue weighted by Gasteiger charge is 2.19. The van der Waals surface area contributed by atoms with Gasteiger partial charge < -0.3 is 15.4 Å². The first-order valence-corrected chi connectivity index (χ1v) is 7.96. The summed E-state index contributed by atoms with van der Waals surface area (Å²) in [5, 5.41) is 6.48. The first-order chi connectivity index (χ1) is 10.2. The van der Waals surface area contributed by atoms with Gasteiger partial charge in [0.2, 0.25) is 0 Å². The van der Waals surface area contributed by atoms with Crippen molar-refractivity contribution in [3.05, 3.63) is 29.8 Å². The smallest absolute Gasteiger partial charge is 0.251 e. The molecule has 2 rings (SSSR count). The molecule has 1 amide bonds. The van der Waals surface area contributed by atoms with Crippen molar-refractivity contribution in [2.75, 3.05) is 13.2 Å². The summed E-state index contributed by atoms with van der Waals surface area (Å²) in [6.07, 6.45) is 4.32. The lowest BCUT2D eigenvalue weighted by Gasteiger charge is -2.28. The van der Waals surface area contributed by atoms with E-state index < -0.39 is 0 Å². The minimum Gasteiger partial charge on any atom is -0.494 e. The number of piperidine rings is 1. The summed E-state index contributed by atoms with van der Waals surface area (Å²) in [5.41, 5.74) is 0.691. The molecule has 1 aromatic carbocycles. The fourth-order valence-electron chi connectivity index (χ4n) is 2.43. The molecule has 1 aliphatic heterocycles. The van der Waals surface area contributed by atoms with Crippen LogP contribution in [0.15, 0.2) is 24.3 Å². The lowest BCUT2D eigenvalue weighted by molar-refractivity contribution is 0.0927. The summed E-state index contributed by atoms with van der Waals surface area (Å²) in [6.45, 7) is 5.89. The Bertz CT molecular complexity index is 437. The normalized spacial score (nSPS) is 21.8. The predicted octanol–water partition coefficient (Wildman–Crippen LogP) is 2.74. The molecule has 2 atom stereocenters. The molecular weight excluding hydrogens is 264 g/mol. The van der Waals surface area contributed by atoms with Gasteiger partial charge in [0.15, 0.2) is 0 Å². The highest BCUT2D eigenvalue weighted by atomic mass is 16.5. The van der Waals surface area contributed by atoms with Crippen LogP contribution in [-0.4, -0.2) is 31.1 Å². The third-order valence-electron chi connectivity index (χ3n) is 3.88. The van der Waals surface area contributed by atoms with Crippen LogP contribution in [-0.2, 0) is 0 Å². The van der Waals surface area contributed by atoms with Crippen LogP contribution >= 0.6 is 0 Å². The SMILES string of the molecule is CCCCOc1ccc(C(=O)NC2CCC(C)NC2)cc1. The van der Waals surface area contributed by atoms with E-state index in [9.17, 15) is 4.79 Å². The van der Waals surface area contributed by atoms with Gasteiger partial charge in [-0.1, -0.05) is 13.3 Å². The standard InChI is InChI=1S/C17H26N2O2/c1-3-4-11-21-16-9-6-14(7-10-16)17(20)19-15-8-5-13(2)18-12-15/h6-7,9-10,13,15,18H,3-5,8,11-12H2,1-2H3,(H,19,20). The minimum atomic E-state index is -0.00328. The molecule has 2 unspecified atom stereocenters. The Kier molecular flexibility index (Phi) is 6.05. The van der Waals surface area contributed by atoms with Gasteiger partial charge in [-0.15, -0.1) is 0 Å². The Morgan fingerprint density at radius 2 is 2.10 bits per heavy atom. The van der Waals surface area contributed by atoms with Crippen LogP contribution in [0.5, 0.6) is 5.75 Å². The molecule has 0 saturated carbocycles. The van der Waals surface area contributed by atoms with Gasteiger partial charge in [-0.2, -0.15) is 0 Å². The van der Waals surface area contributed by atoms with E-state index in [1.807, 2.05) is 24.3 Å². The Labute approximate surface area is 127 Å². The fraction of sp³-hybridized carbons (Fsp3) is 0.588. The number of hydrogen-bond acceptors (Lipinski definition) is 3. The molecular formula is C17H26N2O2. The Morgan fingerprint density at radius 1 is 1.33 bits per heavy atom. The molecule has 4 nitrogen and oxygen atoms in total. The third kappa shape index (κ3) is 5.05. The number of nitrogens with one attached hydrogen (secondary N) is 2. The van der Waals surface area contributed by atoms with Crippen LogP contribution < -0.4 is 15.4 Å². The van der Waals surface area contributed by atoms with E-state index in [-0.39, 0.29) is 11.9 Å². The zero-order valence-corrected chi connectivity index (χ0v) is 13.0. The Balaban J connectivity index is 1.82. The molecule has 0 spiro atoms. The van der Waals surface area contributed by atoms with Gasteiger partial charge in [0, 0.05) is 24.2 Å². The van der Waals surface area contributed by atoms with Crippen molar-refractivity contribution in [2.45, 2.75) is 51.6 Å². The summed E-state index contributed by atoms with van der Waals surface area (Å²) in [7, 11) is 0. The van der Waals surface area contributed by atoms with Crippen molar-refractivity contribution in [1.82, 2.24) is 10.6 Å². The van der Waals surface area contributed by atoms with Gasteiger partial charge >= 0.3 is 0 Å². The maximum Gasteiger partial charge on any atom is 0.251 e. The van der Waals surface area contributed by atoms with Gasteiger partial charge in [0.25, 0.3) is 5.91 Å². The van der Waals surface area contributed by atoms with Crippen molar-refractivity contribution in [2.24, 2.45) is 0 Å². The highest BCUT2D eigenvalue weighted by molar-refractivity contribution is 5.94. The maximum absolute atomic E-state index is 12.2. The van der Waals surface area contributed by atoms with E-state index in [4.69, 9.17) is 4.74 Å². The molecule has 116 valence electrons.